The van der Waals surface area contributed by atoms with Gasteiger partial charge in [0.05, 0.1) is 16.2 Å². The Labute approximate surface area is 115 Å². The van der Waals surface area contributed by atoms with Crippen molar-refractivity contribution in [2.45, 2.75) is 36.0 Å². The number of benzene rings is 1. The number of rotatable bonds is 2. The lowest BCUT2D eigenvalue weighted by atomic mass is 10.0. The van der Waals surface area contributed by atoms with Crippen LogP contribution in [0.15, 0.2) is 41.3 Å². The summed E-state index contributed by atoms with van der Waals surface area (Å²) < 4.78 is 38.6. The Morgan fingerprint density at radius 1 is 1.16 bits per heavy atom. The van der Waals surface area contributed by atoms with E-state index in [-0.39, 0.29) is 16.2 Å². The van der Waals surface area contributed by atoms with Gasteiger partial charge in [0, 0.05) is 0 Å². The van der Waals surface area contributed by atoms with E-state index in [9.17, 15) is 12.6 Å². The minimum Gasteiger partial charge on any atom is -0.241 e. The molecule has 4 nitrogen and oxygen atoms in total. The minimum absolute atomic E-state index is 0.162. The third kappa shape index (κ3) is 2.07. The lowest BCUT2D eigenvalue weighted by Gasteiger charge is -2.38. The lowest BCUT2D eigenvalue weighted by Crippen LogP contribution is -2.50. The average Bonchev–Trinajstić information content (AvgIpc) is 2.40. The Bertz CT molecular complexity index is 649. The molecule has 2 heterocycles. The van der Waals surface area contributed by atoms with E-state index in [2.05, 4.69) is 0 Å². The van der Waals surface area contributed by atoms with Crippen molar-refractivity contribution in [3.05, 3.63) is 42.0 Å². The molecule has 1 aromatic rings. The Hall–Kier alpha value is -0.980. The first-order valence-electron chi connectivity index (χ1n) is 6.20. The normalized spacial score (nSPS) is 30.7. The maximum atomic E-state index is 12.6. The summed E-state index contributed by atoms with van der Waals surface area (Å²) in [4.78, 5) is 0.215. The van der Waals surface area contributed by atoms with Crippen LogP contribution in [0, 0.1) is 6.92 Å². The summed E-state index contributed by atoms with van der Waals surface area (Å²) in [7, 11) is -5.16. The van der Waals surface area contributed by atoms with E-state index in [4.69, 9.17) is 0 Å². The van der Waals surface area contributed by atoms with Gasteiger partial charge in [-0.05, 0) is 31.9 Å². The largest absolute Gasteiger partial charge is 0.254 e. The van der Waals surface area contributed by atoms with Gasteiger partial charge in [-0.2, -0.15) is 0 Å². The second-order valence-corrected chi connectivity index (χ2v) is 8.51. The first-order chi connectivity index (χ1) is 9.00. The lowest BCUT2D eigenvalue weighted by molar-refractivity contribution is 0.426. The zero-order valence-corrected chi connectivity index (χ0v) is 12.2. The molecule has 2 bridgehead atoms. The van der Waals surface area contributed by atoms with Crippen molar-refractivity contribution in [3.8, 4) is 0 Å². The first-order valence-corrected chi connectivity index (χ1v) is 8.81. The van der Waals surface area contributed by atoms with Crippen LogP contribution in [0.25, 0.3) is 0 Å². The third-order valence-electron chi connectivity index (χ3n) is 3.56. The zero-order chi connectivity index (χ0) is 13.6. The van der Waals surface area contributed by atoms with E-state index in [1.54, 1.807) is 24.3 Å². The number of hydrogen-bond acceptors (Lipinski definition) is 3. The fourth-order valence-corrected chi connectivity index (χ4v) is 6.34. The van der Waals surface area contributed by atoms with Crippen molar-refractivity contribution in [1.29, 1.82) is 0 Å². The van der Waals surface area contributed by atoms with Crippen LogP contribution in [0.1, 0.15) is 18.4 Å². The van der Waals surface area contributed by atoms with Crippen molar-refractivity contribution in [2.75, 3.05) is 0 Å². The SMILES string of the molecule is Cc1ccc(S(=O)(=O)N2[C@@H]3C=C[C@@H](CC3)S2=O)cc1. The highest BCUT2D eigenvalue weighted by Gasteiger charge is 2.43. The molecular weight excluding hydrogens is 282 g/mol. The van der Waals surface area contributed by atoms with E-state index in [0.717, 1.165) is 18.4 Å². The Kier molecular flexibility index (Phi) is 3.11. The van der Waals surface area contributed by atoms with E-state index in [0.29, 0.717) is 0 Å². The molecule has 0 radical (unpaired) electrons. The minimum atomic E-state index is -3.68. The molecule has 0 aromatic heterocycles. The van der Waals surface area contributed by atoms with Gasteiger partial charge in [0.1, 0.15) is 11.0 Å². The van der Waals surface area contributed by atoms with Gasteiger partial charge < -0.3 is 0 Å². The molecule has 0 spiro atoms. The summed E-state index contributed by atoms with van der Waals surface area (Å²) in [5.74, 6) is 0. The van der Waals surface area contributed by atoms with E-state index in [1.807, 2.05) is 19.1 Å². The molecule has 4 rings (SSSR count). The molecule has 1 aliphatic carbocycles. The van der Waals surface area contributed by atoms with Crippen molar-refractivity contribution in [2.24, 2.45) is 0 Å². The van der Waals surface area contributed by atoms with Gasteiger partial charge in [-0.1, -0.05) is 29.8 Å². The summed E-state index contributed by atoms with van der Waals surface area (Å²) in [6.45, 7) is 1.90. The highest BCUT2D eigenvalue weighted by Crippen LogP contribution is 2.34. The molecule has 3 atom stereocenters. The molecule has 1 unspecified atom stereocenters. The van der Waals surface area contributed by atoms with Crippen molar-refractivity contribution in [1.82, 2.24) is 3.71 Å². The standard InChI is InChI=1S/C13H15NO3S2/c1-10-2-8-13(9-3-10)19(16,17)14-11-4-6-12(7-5-11)18(14)15/h2-4,6,8-9,11-12H,5,7H2,1H3/t11-,12+,18?/m1/s1. The van der Waals surface area contributed by atoms with Crippen LogP contribution in [0.3, 0.4) is 0 Å². The van der Waals surface area contributed by atoms with Crippen molar-refractivity contribution >= 4 is 21.0 Å². The van der Waals surface area contributed by atoms with E-state index in [1.165, 1.54) is 3.71 Å². The van der Waals surface area contributed by atoms with Gasteiger partial charge in [0.25, 0.3) is 10.0 Å². The van der Waals surface area contributed by atoms with Gasteiger partial charge in [-0.15, -0.1) is 3.71 Å². The van der Waals surface area contributed by atoms with Gasteiger partial charge in [-0.3, -0.25) is 0 Å². The van der Waals surface area contributed by atoms with E-state index >= 15 is 0 Å². The quantitative estimate of drug-likeness (QED) is 0.782. The summed E-state index contributed by atoms with van der Waals surface area (Å²) in [6.07, 6.45) is 5.29. The second kappa shape index (κ2) is 4.54. The molecule has 0 amide bonds. The fraction of sp³-hybridized carbons (Fsp3) is 0.385. The molecule has 1 aromatic carbocycles. The maximum absolute atomic E-state index is 12.6. The smallest absolute Gasteiger partial charge is 0.241 e. The summed E-state index contributed by atoms with van der Waals surface area (Å²) >= 11 is 0. The predicted molar refractivity (Wildman–Crippen MR) is 74.3 cm³/mol. The predicted octanol–water partition coefficient (Wildman–Crippen LogP) is 1.75. The van der Waals surface area contributed by atoms with Crippen LogP contribution < -0.4 is 0 Å². The number of aryl methyl sites for hydroxylation is 1. The van der Waals surface area contributed by atoms with Crippen LogP contribution in [-0.4, -0.2) is 27.6 Å². The molecular formula is C13H15NO3S2. The molecule has 0 saturated carbocycles. The monoisotopic (exact) mass is 297 g/mol. The maximum Gasteiger partial charge on any atom is 0.254 e. The molecule has 6 heteroatoms. The average molecular weight is 297 g/mol. The molecule has 2 aliphatic heterocycles. The molecule has 1 fully saturated rings. The van der Waals surface area contributed by atoms with Gasteiger partial charge in [0.15, 0.2) is 0 Å². The molecule has 102 valence electrons. The first kappa shape index (κ1) is 13.0. The highest BCUT2D eigenvalue weighted by atomic mass is 32.3. The zero-order valence-electron chi connectivity index (χ0n) is 10.5. The topological polar surface area (TPSA) is 54.5 Å². The van der Waals surface area contributed by atoms with Crippen molar-refractivity contribution in [3.63, 3.8) is 0 Å². The Morgan fingerprint density at radius 2 is 1.84 bits per heavy atom. The summed E-state index contributed by atoms with van der Waals surface area (Å²) in [6, 6.07) is 6.40. The Morgan fingerprint density at radius 3 is 2.37 bits per heavy atom. The molecule has 19 heavy (non-hydrogen) atoms. The number of hydrogen-bond donors (Lipinski definition) is 0. The fourth-order valence-electron chi connectivity index (χ4n) is 2.48. The van der Waals surface area contributed by atoms with Crippen LogP contribution in [0.4, 0.5) is 0 Å². The number of nitrogens with zero attached hydrogens (tertiary/aromatic N) is 1. The highest BCUT2D eigenvalue weighted by molar-refractivity contribution is 8.01. The van der Waals surface area contributed by atoms with Crippen molar-refractivity contribution < 1.29 is 12.6 Å². The third-order valence-corrected chi connectivity index (χ3v) is 7.74. The van der Waals surface area contributed by atoms with Crippen LogP contribution in [0.2, 0.25) is 0 Å². The van der Waals surface area contributed by atoms with Gasteiger partial charge >= 0.3 is 0 Å². The van der Waals surface area contributed by atoms with Crippen LogP contribution in [0.5, 0.6) is 0 Å². The summed E-state index contributed by atoms with van der Waals surface area (Å²) in [5, 5.41) is -0.162. The van der Waals surface area contributed by atoms with Gasteiger partial charge in [0.2, 0.25) is 0 Å². The Balaban J connectivity index is 2.04. The second-order valence-electron chi connectivity index (χ2n) is 4.92. The van der Waals surface area contributed by atoms with Crippen LogP contribution >= 0.6 is 0 Å². The summed E-state index contributed by atoms with van der Waals surface area (Å²) in [5.41, 5.74) is 1.00. The van der Waals surface area contributed by atoms with E-state index < -0.39 is 21.0 Å². The molecule has 3 aliphatic rings. The molecule has 1 saturated heterocycles. The number of sulfonamides is 1. The van der Waals surface area contributed by atoms with Crippen LogP contribution in [-0.2, 0) is 21.0 Å². The number of fused-ring (bicyclic) bond motifs is 2. The van der Waals surface area contributed by atoms with Gasteiger partial charge in [-0.25, -0.2) is 12.6 Å². The molecule has 0 N–H and O–H groups in total.